The van der Waals surface area contributed by atoms with Crippen molar-refractivity contribution in [1.29, 1.82) is 0 Å². The van der Waals surface area contributed by atoms with Crippen LogP contribution in [0.5, 0.6) is 5.88 Å². The fraction of sp³-hybridized carbons (Fsp3) is 0.167. The average molecular weight is 321 g/mol. The van der Waals surface area contributed by atoms with Gasteiger partial charge in [0.05, 0.1) is 17.0 Å². The number of rotatable bonds is 3. The van der Waals surface area contributed by atoms with E-state index >= 15 is 0 Å². The Morgan fingerprint density at radius 3 is 2.46 bits per heavy atom. The summed E-state index contributed by atoms with van der Waals surface area (Å²) in [6.07, 6.45) is 0.126. The van der Waals surface area contributed by atoms with Gasteiger partial charge in [0.2, 0.25) is 4.87 Å². The van der Waals surface area contributed by atoms with Gasteiger partial charge in [-0.15, -0.1) is 0 Å². The van der Waals surface area contributed by atoms with Crippen molar-refractivity contribution in [3.63, 3.8) is 0 Å². The third-order valence-electron chi connectivity index (χ3n) is 4.31. The molecule has 1 saturated heterocycles. The number of carbonyl (C=O) groups is 1. The molecule has 1 fully saturated rings. The van der Waals surface area contributed by atoms with Crippen LogP contribution >= 0.6 is 0 Å². The smallest absolute Gasteiger partial charge is 0.468 e. The molecule has 120 valence electrons. The Bertz CT molecular complexity index is 947. The molecule has 1 aliphatic heterocycles. The van der Waals surface area contributed by atoms with Crippen LogP contribution in [0.2, 0.25) is 0 Å². The van der Waals surface area contributed by atoms with E-state index < -0.39 is 5.91 Å². The van der Waals surface area contributed by atoms with Gasteiger partial charge in [-0.05, 0) is 17.5 Å². The van der Waals surface area contributed by atoms with Gasteiger partial charge in [-0.2, -0.15) is 0 Å². The molecule has 2 heterocycles. The average Bonchev–Trinajstić information content (AvgIpc) is 3.07. The first-order valence-electron chi connectivity index (χ1n) is 7.76. The number of para-hydroxylation sites is 1. The second-order valence-corrected chi connectivity index (χ2v) is 5.78. The number of hydrazine groups is 1. The SMILES string of the molecule is O=C1CCN(c2c([O-])n(Cc3ccccc3)c3ccccc23)[N+]1=O. The fourth-order valence-corrected chi connectivity index (χ4v) is 3.16. The van der Waals surface area contributed by atoms with Gasteiger partial charge in [0, 0.05) is 11.9 Å². The topological polar surface area (TPSA) is 68.4 Å². The summed E-state index contributed by atoms with van der Waals surface area (Å²) in [5.74, 6) is -0.773. The molecular weight excluding hydrogens is 306 g/mol. The van der Waals surface area contributed by atoms with Crippen molar-refractivity contribution in [2.24, 2.45) is 0 Å². The highest BCUT2D eigenvalue weighted by Crippen LogP contribution is 2.39. The summed E-state index contributed by atoms with van der Waals surface area (Å²) >= 11 is 0. The lowest BCUT2D eigenvalue weighted by atomic mass is 10.2. The molecule has 0 radical (unpaired) electrons. The number of fused-ring (bicyclic) bond motifs is 1. The molecule has 6 heteroatoms. The van der Waals surface area contributed by atoms with Crippen LogP contribution in [0.25, 0.3) is 10.9 Å². The Labute approximate surface area is 138 Å². The monoisotopic (exact) mass is 321 g/mol. The lowest BCUT2D eigenvalue weighted by Gasteiger charge is -2.16. The third-order valence-corrected chi connectivity index (χ3v) is 4.31. The van der Waals surface area contributed by atoms with Gasteiger partial charge in [0.25, 0.3) is 0 Å². The van der Waals surface area contributed by atoms with Crippen molar-refractivity contribution < 1.29 is 14.8 Å². The van der Waals surface area contributed by atoms with Crippen molar-refractivity contribution >= 4 is 22.5 Å². The number of carbonyl (C=O) groups excluding carboxylic acids is 1. The van der Waals surface area contributed by atoms with E-state index in [2.05, 4.69) is 0 Å². The minimum absolute atomic E-state index is 0.126. The summed E-state index contributed by atoms with van der Waals surface area (Å²) in [7, 11) is 0. The predicted molar refractivity (Wildman–Crippen MR) is 87.5 cm³/mol. The molecule has 0 saturated carbocycles. The summed E-state index contributed by atoms with van der Waals surface area (Å²) in [5.41, 5.74) is 2.04. The Hall–Kier alpha value is -3.15. The Kier molecular flexibility index (Phi) is 3.30. The van der Waals surface area contributed by atoms with Crippen LogP contribution in [-0.2, 0) is 11.3 Å². The van der Waals surface area contributed by atoms with Crippen LogP contribution < -0.4 is 10.1 Å². The second-order valence-electron chi connectivity index (χ2n) is 5.78. The first-order valence-corrected chi connectivity index (χ1v) is 7.76. The normalized spacial score (nSPS) is 14.8. The number of aromatic nitrogens is 1. The van der Waals surface area contributed by atoms with Crippen LogP contribution in [0.3, 0.4) is 0 Å². The van der Waals surface area contributed by atoms with Crippen LogP contribution in [-0.4, -0.2) is 21.9 Å². The van der Waals surface area contributed by atoms with Crippen molar-refractivity contribution in [2.75, 3.05) is 11.6 Å². The van der Waals surface area contributed by atoms with E-state index in [0.717, 1.165) is 11.1 Å². The standard InChI is InChI=1S/C18H15N3O3/c22-16-10-11-20(21(16)24)17-14-8-4-5-9-15(14)19(18(17)23)12-13-6-2-1-3-7-13/h1-9H,10-12H2. The highest BCUT2D eigenvalue weighted by atomic mass is 16.4. The Morgan fingerprint density at radius 1 is 1.04 bits per heavy atom. The lowest BCUT2D eigenvalue weighted by molar-refractivity contribution is -0.468. The zero-order valence-corrected chi connectivity index (χ0v) is 12.9. The van der Waals surface area contributed by atoms with E-state index in [0.29, 0.717) is 16.8 Å². The van der Waals surface area contributed by atoms with E-state index in [9.17, 15) is 14.8 Å². The molecule has 6 nitrogen and oxygen atoms in total. The first-order chi connectivity index (χ1) is 11.7. The molecular formula is C18H15N3O3. The van der Waals surface area contributed by atoms with E-state index in [-0.39, 0.29) is 24.5 Å². The van der Waals surface area contributed by atoms with E-state index in [4.69, 9.17) is 0 Å². The molecule has 0 spiro atoms. The number of anilines is 1. The minimum Gasteiger partial charge on any atom is -0.858 e. The molecule has 0 bridgehead atoms. The maximum Gasteiger partial charge on any atom is 0.468 e. The van der Waals surface area contributed by atoms with E-state index in [1.54, 1.807) is 4.57 Å². The molecule has 0 aliphatic carbocycles. The van der Waals surface area contributed by atoms with Crippen molar-refractivity contribution in [1.82, 2.24) is 4.57 Å². The first kappa shape index (κ1) is 14.4. The fourth-order valence-electron chi connectivity index (χ4n) is 3.16. The number of hydrogen-bond acceptors (Lipinski definition) is 3. The molecule has 1 amide bonds. The Morgan fingerprint density at radius 2 is 1.75 bits per heavy atom. The number of benzene rings is 2. The van der Waals surface area contributed by atoms with Gasteiger partial charge >= 0.3 is 5.91 Å². The van der Waals surface area contributed by atoms with E-state index in [1.807, 2.05) is 54.6 Å². The summed E-state index contributed by atoms with van der Waals surface area (Å²) in [5, 5.41) is 14.9. The van der Waals surface area contributed by atoms with Crippen LogP contribution in [0.4, 0.5) is 5.69 Å². The van der Waals surface area contributed by atoms with Gasteiger partial charge in [0.1, 0.15) is 12.1 Å². The van der Waals surface area contributed by atoms with Crippen molar-refractivity contribution in [3.05, 3.63) is 65.1 Å². The maximum atomic E-state index is 13.0. The van der Waals surface area contributed by atoms with Crippen molar-refractivity contribution in [2.45, 2.75) is 13.0 Å². The highest BCUT2D eigenvalue weighted by molar-refractivity contribution is 5.97. The van der Waals surface area contributed by atoms with Crippen LogP contribution in [0, 0.1) is 4.91 Å². The molecule has 2 aromatic carbocycles. The summed E-state index contributed by atoms with van der Waals surface area (Å²) in [6.45, 7) is 0.651. The van der Waals surface area contributed by atoms with Crippen molar-refractivity contribution in [3.8, 4) is 5.88 Å². The lowest BCUT2D eigenvalue weighted by Crippen LogP contribution is -2.28. The van der Waals surface area contributed by atoms with Gasteiger partial charge in [0.15, 0.2) is 0 Å². The molecule has 24 heavy (non-hydrogen) atoms. The predicted octanol–water partition coefficient (Wildman–Crippen LogP) is 2.19. The maximum absolute atomic E-state index is 13.0. The molecule has 1 aliphatic rings. The minimum atomic E-state index is -0.519. The van der Waals surface area contributed by atoms with Gasteiger partial charge in [-0.3, -0.25) is 0 Å². The van der Waals surface area contributed by atoms with Gasteiger partial charge in [-0.1, -0.05) is 53.5 Å². The molecule has 4 rings (SSSR count). The number of nitrogens with zero attached hydrogens (tertiary/aromatic N) is 3. The molecule has 0 N–H and O–H groups in total. The largest absolute Gasteiger partial charge is 0.858 e. The zero-order chi connectivity index (χ0) is 16.7. The Balaban J connectivity index is 1.88. The number of amides is 1. The van der Waals surface area contributed by atoms with Gasteiger partial charge < -0.3 is 9.67 Å². The van der Waals surface area contributed by atoms with E-state index in [1.165, 1.54) is 5.01 Å². The number of nitroso groups, excluding NO2 is 1. The third kappa shape index (κ3) is 2.15. The summed E-state index contributed by atoms with van der Waals surface area (Å²) in [4.78, 5) is 23.9. The second kappa shape index (κ2) is 5.49. The molecule has 3 aromatic rings. The zero-order valence-electron chi connectivity index (χ0n) is 12.9. The molecule has 0 unspecified atom stereocenters. The number of hydrogen-bond donors (Lipinski definition) is 0. The summed E-state index contributed by atoms with van der Waals surface area (Å²) < 4.78 is 1.65. The van der Waals surface area contributed by atoms with Crippen LogP contribution in [0.1, 0.15) is 12.0 Å². The quantitative estimate of drug-likeness (QED) is 0.694. The van der Waals surface area contributed by atoms with Gasteiger partial charge in [-0.25, -0.2) is 4.79 Å². The summed E-state index contributed by atoms with van der Waals surface area (Å²) in [6, 6.07) is 17.0. The molecule has 0 atom stereocenters. The highest BCUT2D eigenvalue weighted by Gasteiger charge is 2.41. The van der Waals surface area contributed by atoms with Crippen LogP contribution in [0.15, 0.2) is 54.6 Å². The molecule has 1 aromatic heterocycles.